The smallest absolute Gasteiger partial charge is 0.339 e. The molecule has 0 fully saturated rings. The Morgan fingerprint density at radius 2 is 1.92 bits per heavy atom. The Bertz CT molecular complexity index is 378. The van der Waals surface area contributed by atoms with E-state index < -0.39 is 33.9 Å². The van der Waals surface area contributed by atoms with Crippen LogP contribution in [-0.2, 0) is 0 Å². The number of carbonyl (C=O) groups is 1. The maximum absolute atomic E-state index is 12.6. The van der Waals surface area contributed by atoms with Crippen molar-refractivity contribution in [2.75, 3.05) is 0 Å². The Labute approximate surface area is 76.2 Å². The van der Waals surface area contributed by atoms with Crippen molar-refractivity contribution in [1.82, 2.24) is 0 Å². The summed E-state index contributed by atoms with van der Waals surface area (Å²) < 4.78 is 25.2. The fraction of sp³-hybridized carbons (Fsp3) is 0. The highest BCUT2D eigenvalue weighted by molar-refractivity contribution is 6.31. The molecule has 6 heteroatoms. The number of rotatable bonds is 1. The number of phenols is 1. The third-order valence-electron chi connectivity index (χ3n) is 1.37. The van der Waals surface area contributed by atoms with Gasteiger partial charge in [-0.05, 0) is 6.07 Å². The highest BCUT2D eigenvalue weighted by Gasteiger charge is 2.20. The third kappa shape index (κ3) is 1.55. The number of carboxylic acid groups (broad SMARTS) is 1. The largest absolute Gasteiger partial charge is 0.504 e. The summed E-state index contributed by atoms with van der Waals surface area (Å²) in [5.41, 5.74) is -0.774. The number of aromatic carboxylic acids is 1. The van der Waals surface area contributed by atoms with Crippen LogP contribution in [0.4, 0.5) is 8.78 Å². The molecule has 0 radical (unpaired) electrons. The molecule has 1 rings (SSSR count). The second-order valence-electron chi connectivity index (χ2n) is 2.19. The van der Waals surface area contributed by atoms with Crippen LogP contribution in [-0.4, -0.2) is 16.2 Å². The van der Waals surface area contributed by atoms with E-state index in [-0.39, 0.29) is 0 Å². The Morgan fingerprint density at radius 1 is 1.38 bits per heavy atom. The first-order valence-electron chi connectivity index (χ1n) is 3.05. The lowest BCUT2D eigenvalue weighted by Crippen LogP contribution is -2.00. The first-order valence-corrected chi connectivity index (χ1v) is 3.42. The minimum absolute atomic E-state index is 0.637. The normalized spacial score (nSPS) is 10.1. The van der Waals surface area contributed by atoms with E-state index in [2.05, 4.69) is 0 Å². The number of benzene rings is 1. The number of carboxylic acids is 1. The molecule has 1 aromatic carbocycles. The standard InChI is InChI=1S/C7H3ClF2O3/c8-3-1-2(7(12)13)6(11)5(10)4(3)9/h1,11H,(H,12,13). The van der Waals surface area contributed by atoms with Crippen LogP contribution < -0.4 is 0 Å². The lowest BCUT2D eigenvalue weighted by molar-refractivity contribution is 0.0692. The van der Waals surface area contributed by atoms with E-state index in [9.17, 15) is 13.6 Å². The molecule has 0 heterocycles. The maximum atomic E-state index is 12.6. The molecule has 0 saturated carbocycles. The van der Waals surface area contributed by atoms with E-state index in [4.69, 9.17) is 21.8 Å². The summed E-state index contributed by atoms with van der Waals surface area (Å²) in [5, 5.41) is 16.5. The fourth-order valence-corrected chi connectivity index (χ4v) is 0.941. The molecular weight excluding hydrogens is 206 g/mol. The summed E-state index contributed by atoms with van der Waals surface area (Å²) in [6.45, 7) is 0. The summed E-state index contributed by atoms with van der Waals surface area (Å²) in [6, 6.07) is 0.637. The van der Waals surface area contributed by atoms with Gasteiger partial charge in [0.25, 0.3) is 0 Å². The molecule has 0 amide bonds. The highest BCUT2D eigenvalue weighted by Crippen LogP contribution is 2.29. The summed E-state index contributed by atoms with van der Waals surface area (Å²) in [7, 11) is 0. The molecule has 1 aromatic rings. The van der Waals surface area contributed by atoms with E-state index in [1.165, 1.54) is 0 Å². The van der Waals surface area contributed by atoms with Gasteiger partial charge in [0.1, 0.15) is 5.56 Å². The quantitative estimate of drug-likeness (QED) is 0.695. The molecular formula is C7H3ClF2O3. The van der Waals surface area contributed by atoms with Crippen molar-refractivity contribution in [1.29, 1.82) is 0 Å². The topological polar surface area (TPSA) is 57.5 Å². The molecule has 2 N–H and O–H groups in total. The maximum Gasteiger partial charge on any atom is 0.339 e. The van der Waals surface area contributed by atoms with Crippen molar-refractivity contribution >= 4 is 17.6 Å². The van der Waals surface area contributed by atoms with Crippen LogP contribution in [0.1, 0.15) is 10.4 Å². The molecule has 0 aliphatic carbocycles. The second-order valence-corrected chi connectivity index (χ2v) is 2.59. The van der Waals surface area contributed by atoms with Crippen LogP contribution in [0.2, 0.25) is 5.02 Å². The Hall–Kier alpha value is -1.36. The van der Waals surface area contributed by atoms with Crippen LogP contribution in [0, 0.1) is 11.6 Å². The minimum atomic E-state index is -1.66. The van der Waals surface area contributed by atoms with Crippen molar-refractivity contribution in [2.45, 2.75) is 0 Å². The van der Waals surface area contributed by atoms with Crippen LogP contribution in [0.15, 0.2) is 6.07 Å². The molecule has 0 aromatic heterocycles. The van der Waals surface area contributed by atoms with Gasteiger partial charge in [0.15, 0.2) is 11.6 Å². The van der Waals surface area contributed by atoms with E-state index in [0.29, 0.717) is 6.07 Å². The summed E-state index contributed by atoms with van der Waals surface area (Å²) >= 11 is 5.15. The molecule has 0 aliphatic rings. The zero-order valence-corrected chi connectivity index (χ0v) is 6.77. The molecule has 0 unspecified atom stereocenters. The first-order chi connectivity index (χ1) is 5.95. The van der Waals surface area contributed by atoms with Gasteiger partial charge in [0, 0.05) is 0 Å². The summed E-state index contributed by atoms with van der Waals surface area (Å²) in [6.07, 6.45) is 0. The van der Waals surface area contributed by atoms with Crippen LogP contribution >= 0.6 is 11.6 Å². The first kappa shape index (κ1) is 9.73. The van der Waals surface area contributed by atoms with E-state index in [1.54, 1.807) is 0 Å². The number of aromatic hydroxyl groups is 1. The van der Waals surface area contributed by atoms with Gasteiger partial charge in [-0.15, -0.1) is 0 Å². The predicted molar refractivity (Wildman–Crippen MR) is 40.0 cm³/mol. The van der Waals surface area contributed by atoms with Crippen molar-refractivity contribution in [2.24, 2.45) is 0 Å². The van der Waals surface area contributed by atoms with Gasteiger partial charge in [-0.25, -0.2) is 9.18 Å². The zero-order chi connectivity index (χ0) is 10.2. The summed E-state index contributed by atoms with van der Waals surface area (Å²) in [5.74, 6) is -5.97. The molecule has 0 aliphatic heterocycles. The Morgan fingerprint density at radius 3 is 2.38 bits per heavy atom. The van der Waals surface area contributed by atoms with Crippen LogP contribution in [0.25, 0.3) is 0 Å². The molecule has 3 nitrogen and oxygen atoms in total. The molecule has 13 heavy (non-hydrogen) atoms. The third-order valence-corrected chi connectivity index (χ3v) is 1.64. The lowest BCUT2D eigenvalue weighted by Gasteiger charge is -2.02. The Kier molecular flexibility index (Phi) is 2.38. The Balaban J connectivity index is 3.50. The van der Waals surface area contributed by atoms with Crippen LogP contribution in [0.3, 0.4) is 0 Å². The molecule has 0 atom stereocenters. The molecule has 0 saturated heterocycles. The van der Waals surface area contributed by atoms with Gasteiger partial charge in [-0.2, -0.15) is 4.39 Å². The van der Waals surface area contributed by atoms with E-state index in [0.717, 1.165) is 0 Å². The SMILES string of the molecule is O=C(O)c1cc(Cl)c(F)c(F)c1O. The number of hydrogen-bond acceptors (Lipinski definition) is 2. The van der Waals surface area contributed by atoms with Crippen molar-refractivity contribution < 1.29 is 23.8 Å². The van der Waals surface area contributed by atoms with Gasteiger partial charge < -0.3 is 10.2 Å². The van der Waals surface area contributed by atoms with Gasteiger partial charge in [0.2, 0.25) is 5.82 Å². The zero-order valence-electron chi connectivity index (χ0n) is 6.01. The summed E-state index contributed by atoms with van der Waals surface area (Å²) in [4.78, 5) is 10.3. The van der Waals surface area contributed by atoms with Crippen molar-refractivity contribution in [3.8, 4) is 5.75 Å². The van der Waals surface area contributed by atoms with Crippen molar-refractivity contribution in [3.63, 3.8) is 0 Å². The van der Waals surface area contributed by atoms with Gasteiger partial charge in [0.05, 0.1) is 5.02 Å². The lowest BCUT2D eigenvalue weighted by atomic mass is 10.2. The molecule has 0 bridgehead atoms. The predicted octanol–water partition coefficient (Wildman–Crippen LogP) is 2.02. The van der Waals surface area contributed by atoms with Crippen LogP contribution in [0.5, 0.6) is 5.75 Å². The highest BCUT2D eigenvalue weighted by atomic mass is 35.5. The van der Waals surface area contributed by atoms with E-state index in [1.807, 2.05) is 0 Å². The van der Waals surface area contributed by atoms with Crippen molar-refractivity contribution in [3.05, 3.63) is 28.3 Å². The minimum Gasteiger partial charge on any atom is -0.504 e. The van der Waals surface area contributed by atoms with E-state index >= 15 is 0 Å². The fourth-order valence-electron chi connectivity index (χ4n) is 0.748. The number of halogens is 3. The van der Waals surface area contributed by atoms with Gasteiger partial charge in [-0.1, -0.05) is 11.6 Å². The van der Waals surface area contributed by atoms with Gasteiger partial charge in [-0.3, -0.25) is 0 Å². The monoisotopic (exact) mass is 208 g/mol. The second kappa shape index (κ2) is 3.18. The molecule has 70 valence electrons. The van der Waals surface area contributed by atoms with Gasteiger partial charge >= 0.3 is 5.97 Å². The average molecular weight is 209 g/mol. The molecule has 0 spiro atoms. The average Bonchev–Trinajstić information content (AvgIpc) is 2.07. The number of hydrogen-bond donors (Lipinski definition) is 2.